The smallest absolute Gasteiger partial charge is 0.287 e. The minimum atomic E-state index is -4.08. The second kappa shape index (κ2) is 12.1. The van der Waals surface area contributed by atoms with Crippen LogP contribution in [0, 0.1) is 5.92 Å². The molecule has 41 heavy (non-hydrogen) atoms. The molecule has 0 saturated carbocycles. The third-order valence-corrected chi connectivity index (χ3v) is 9.79. The van der Waals surface area contributed by atoms with E-state index in [4.69, 9.17) is 4.42 Å². The Morgan fingerprint density at radius 1 is 1.02 bits per heavy atom. The van der Waals surface area contributed by atoms with Crippen molar-refractivity contribution < 1.29 is 35.6 Å². The zero-order valence-electron chi connectivity index (χ0n) is 23.0. The Morgan fingerprint density at radius 2 is 1.68 bits per heavy atom. The van der Waals surface area contributed by atoms with Crippen molar-refractivity contribution >= 4 is 48.4 Å². The molecule has 220 valence electrons. The van der Waals surface area contributed by atoms with E-state index in [1.807, 2.05) is 19.9 Å². The van der Waals surface area contributed by atoms with Gasteiger partial charge in [-0.3, -0.25) is 14.4 Å². The molecule has 1 saturated heterocycles. The number of furan rings is 1. The third kappa shape index (κ3) is 7.21. The molecule has 0 aliphatic carbocycles. The first-order valence-corrected chi connectivity index (χ1v) is 16.5. The number of nitrogens with one attached hydrogen (secondary N) is 2. The van der Waals surface area contributed by atoms with Crippen LogP contribution >= 0.6 is 0 Å². The molecule has 3 aromatic rings. The standard InChI is InChI=1S/C28H33N3O8S2/c1-18(2)15-23(30-28(34)26-16-19-7-4-5-9-25(19)39-26)27(33)29-22-8-6-14-31(17-24(22)32)41(37,38)21-12-10-20(11-13-21)40(3,35)36/h4-5,7,9-13,16,18,22-23H,6,8,14-15,17H2,1-3H3,(H,29,33)(H,30,34)/t22-,23?/m0/s1. The lowest BCUT2D eigenvalue weighted by atomic mass is 10.0. The number of carbonyl (C=O) groups is 3. The zero-order chi connectivity index (χ0) is 29.9. The van der Waals surface area contributed by atoms with Gasteiger partial charge in [-0.2, -0.15) is 4.31 Å². The molecule has 4 rings (SSSR count). The molecule has 1 aromatic heterocycles. The molecule has 2 atom stereocenters. The van der Waals surface area contributed by atoms with Gasteiger partial charge in [0.25, 0.3) is 5.91 Å². The highest BCUT2D eigenvalue weighted by Gasteiger charge is 2.34. The lowest BCUT2D eigenvalue weighted by Crippen LogP contribution is -2.52. The highest BCUT2D eigenvalue weighted by atomic mass is 32.2. The number of sulfone groups is 1. The minimum absolute atomic E-state index is 0.0189. The van der Waals surface area contributed by atoms with E-state index in [0.29, 0.717) is 18.4 Å². The van der Waals surface area contributed by atoms with E-state index < -0.39 is 56.1 Å². The van der Waals surface area contributed by atoms with Gasteiger partial charge in [0.15, 0.2) is 21.4 Å². The first-order chi connectivity index (χ1) is 19.3. The molecule has 2 N–H and O–H groups in total. The zero-order valence-corrected chi connectivity index (χ0v) is 24.6. The second-order valence-corrected chi connectivity index (χ2v) is 14.5. The predicted molar refractivity (Wildman–Crippen MR) is 151 cm³/mol. The quantitative estimate of drug-likeness (QED) is 0.377. The van der Waals surface area contributed by atoms with Gasteiger partial charge in [-0.15, -0.1) is 0 Å². The Balaban J connectivity index is 1.44. The molecule has 13 heteroatoms. The van der Waals surface area contributed by atoms with Gasteiger partial charge in [-0.05, 0) is 61.6 Å². The van der Waals surface area contributed by atoms with E-state index in [1.54, 1.807) is 24.3 Å². The van der Waals surface area contributed by atoms with Gasteiger partial charge in [0.1, 0.15) is 11.6 Å². The van der Waals surface area contributed by atoms with E-state index >= 15 is 0 Å². The van der Waals surface area contributed by atoms with Gasteiger partial charge in [0.2, 0.25) is 15.9 Å². The Morgan fingerprint density at radius 3 is 2.32 bits per heavy atom. The van der Waals surface area contributed by atoms with E-state index in [2.05, 4.69) is 10.6 Å². The van der Waals surface area contributed by atoms with Crippen molar-refractivity contribution in [2.75, 3.05) is 19.3 Å². The number of ketones is 1. The monoisotopic (exact) mass is 603 g/mol. The number of rotatable bonds is 9. The maximum Gasteiger partial charge on any atom is 0.287 e. The van der Waals surface area contributed by atoms with Crippen molar-refractivity contribution in [3.8, 4) is 0 Å². The summed E-state index contributed by atoms with van der Waals surface area (Å²) in [5.41, 5.74) is 0.539. The van der Waals surface area contributed by atoms with Crippen LogP contribution in [0.2, 0.25) is 0 Å². The van der Waals surface area contributed by atoms with Crippen molar-refractivity contribution in [1.82, 2.24) is 14.9 Å². The summed E-state index contributed by atoms with van der Waals surface area (Å²) < 4.78 is 56.5. The molecule has 11 nitrogen and oxygen atoms in total. The van der Waals surface area contributed by atoms with Crippen LogP contribution in [0.3, 0.4) is 0 Å². The summed E-state index contributed by atoms with van der Waals surface area (Å²) in [7, 11) is -7.59. The van der Waals surface area contributed by atoms with Crippen molar-refractivity contribution in [3.05, 3.63) is 60.4 Å². The lowest BCUT2D eigenvalue weighted by molar-refractivity contribution is -0.129. The largest absolute Gasteiger partial charge is 0.451 e. The highest BCUT2D eigenvalue weighted by molar-refractivity contribution is 7.90. The van der Waals surface area contributed by atoms with Gasteiger partial charge in [-0.1, -0.05) is 32.0 Å². The van der Waals surface area contributed by atoms with Crippen LogP contribution in [0.4, 0.5) is 0 Å². The van der Waals surface area contributed by atoms with Crippen LogP contribution in [0.1, 0.15) is 43.7 Å². The molecule has 2 heterocycles. The summed E-state index contributed by atoms with van der Waals surface area (Å²) in [6.45, 7) is 3.39. The van der Waals surface area contributed by atoms with Crippen molar-refractivity contribution in [1.29, 1.82) is 0 Å². The Hall–Kier alpha value is -3.55. The van der Waals surface area contributed by atoms with Crippen molar-refractivity contribution in [3.63, 3.8) is 0 Å². The average Bonchev–Trinajstić information content (AvgIpc) is 3.26. The van der Waals surface area contributed by atoms with Gasteiger partial charge in [0, 0.05) is 18.2 Å². The van der Waals surface area contributed by atoms with Gasteiger partial charge >= 0.3 is 0 Å². The maximum atomic E-state index is 13.3. The van der Waals surface area contributed by atoms with Gasteiger partial charge in [0.05, 0.1) is 22.4 Å². The fraction of sp³-hybridized carbons (Fsp3) is 0.393. The summed E-state index contributed by atoms with van der Waals surface area (Å²) in [6.07, 6.45) is 1.85. The molecular formula is C28H33N3O8S2. The summed E-state index contributed by atoms with van der Waals surface area (Å²) in [6, 6.07) is 11.7. The normalized spacial score (nSPS) is 17.8. The summed E-state index contributed by atoms with van der Waals surface area (Å²) >= 11 is 0. The average molecular weight is 604 g/mol. The molecular weight excluding hydrogens is 570 g/mol. The first kappa shape index (κ1) is 30.4. The highest BCUT2D eigenvalue weighted by Crippen LogP contribution is 2.22. The van der Waals surface area contributed by atoms with Gasteiger partial charge < -0.3 is 15.1 Å². The second-order valence-electron chi connectivity index (χ2n) is 10.6. The number of amides is 2. The molecule has 0 bridgehead atoms. The van der Waals surface area contributed by atoms with Crippen LogP contribution in [0.5, 0.6) is 0 Å². The number of hydrogen-bond acceptors (Lipinski definition) is 8. The Bertz CT molecular complexity index is 1630. The Kier molecular flexibility index (Phi) is 9.00. The number of Topliss-reactive ketones (excluding diaryl/α,β-unsaturated/α-hetero) is 1. The number of benzene rings is 2. The minimum Gasteiger partial charge on any atom is -0.451 e. The Labute approximate surface area is 239 Å². The molecule has 1 aliphatic heterocycles. The SMILES string of the molecule is CC(C)CC(NC(=O)c1cc2ccccc2o1)C(=O)N[C@H]1CCCN(S(=O)(=O)c2ccc(S(C)(=O)=O)cc2)CC1=O. The van der Waals surface area contributed by atoms with E-state index in [1.165, 1.54) is 24.3 Å². The molecule has 2 aromatic carbocycles. The third-order valence-electron chi connectivity index (χ3n) is 6.81. The van der Waals surface area contributed by atoms with E-state index in [0.717, 1.165) is 15.9 Å². The topological polar surface area (TPSA) is 160 Å². The maximum absolute atomic E-state index is 13.3. The molecule has 0 spiro atoms. The molecule has 1 fully saturated rings. The van der Waals surface area contributed by atoms with Crippen LogP contribution < -0.4 is 10.6 Å². The van der Waals surface area contributed by atoms with Crippen LogP contribution in [-0.4, -0.2) is 70.2 Å². The molecule has 1 aliphatic rings. The fourth-order valence-electron chi connectivity index (χ4n) is 4.66. The number of sulfonamides is 1. The predicted octanol–water partition coefficient (Wildman–Crippen LogP) is 2.52. The van der Waals surface area contributed by atoms with Crippen LogP contribution in [0.15, 0.2) is 68.8 Å². The molecule has 2 amide bonds. The van der Waals surface area contributed by atoms with Crippen LogP contribution in [-0.2, 0) is 29.4 Å². The van der Waals surface area contributed by atoms with E-state index in [9.17, 15) is 31.2 Å². The van der Waals surface area contributed by atoms with Crippen LogP contribution in [0.25, 0.3) is 11.0 Å². The molecule has 1 unspecified atom stereocenters. The summed E-state index contributed by atoms with van der Waals surface area (Å²) in [4.78, 5) is 39.2. The van der Waals surface area contributed by atoms with Crippen molar-refractivity contribution in [2.45, 2.75) is 55.0 Å². The number of carbonyl (C=O) groups excluding carboxylic acids is 3. The number of nitrogens with zero attached hydrogens (tertiary/aromatic N) is 1. The number of hydrogen-bond donors (Lipinski definition) is 2. The summed E-state index contributed by atoms with van der Waals surface area (Å²) in [5, 5.41) is 6.17. The number of para-hydroxylation sites is 1. The fourth-order valence-corrected chi connectivity index (χ4v) is 6.74. The molecule has 0 radical (unpaired) electrons. The van der Waals surface area contributed by atoms with E-state index in [-0.39, 0.29) is 34.4 Å². The van der Waals surface area contributed by atoms with Gasteiger partial charge in [-0.25, -0.2) is 16.8 Å². The lowest BCUT2D eigenvalue weighted by Gasteiger charge is -2.23. The summed E-state index contributed by atoms with van der Waals surface area (Å²) in [5.74, 6) is -1.49. The first-order valence-electron chi connectivity index (χ1n) is 13.2. The van der Waals surface area contributed by atoms with Crippen molar-refractivity contribution in [2.24, 2.45) is 5.92 Å². The number of fused-ring (bicyclic) bond motifs is 1.